The zero-order chi connectivity index (χ0) is 9.80. The first-order valence-corrected chi connectivity index (χ1v) is 4.92. The van der Waals surface area contributed by atoms with Gasteiger partial charge in [0.1, 0.15) is 11.5 Å². The second-order valence-electron chi connectivity index (χ2n) is 3.41. The van der Waals surface area contributed by atoms with Crippen LogP contribution in [0.3, 0.4) is 0 Å². The number of aromatic hydroxyl groups is 1. The van der Waals surface area contributed by atoms with Gasteiger partial charge >= 0.3 is 0 Å². The molecule has 3 heteroatoms. The van der Waals surface area contributed by atoms with Crippen LogP contribution >= 0.6 is 0 Å². The molecular weight excluding hydrogens is 180 g/mol. The molecule has 0 bridgehead atoms. The van der Waals surface area contributed by atoms with Gasteiger partial charge in [-0.1, -0.05) is 0 Å². The summed E-state index contributed by atoms with van der Waals surface area (Å²) in [5.41, 5.74) is 0. The molecule has 1 N–H and O–H groups in total. The Labute approximate surface area is 83.3 Å². The highest BCUT2D eigenvalue weighted by Crippen LogP contribution is 2.21. The summed E-state index contributed by atoms with van der Waals surface area (Å²) in [7, 11) is 0. The fraction of sp³-hybridized carbons (Fsp3) is 0.455. The highest BCUT2D eigenvalue weighted by molar-refractivity contribution is 5.30. The molecule has 1 aromatic rings. The van der Waals surface area contributed by atoms with Gasteiger partial charge in [-0.3, -0.25) is 0 Å². The molecule has 3 nitrogen and oxygen atoms in total. The highest BCUT2D eigenvalue weighted by atomic mass is 16.7. The maximum Gasteiger partial charge on any atom is 0.199 e. The number of rotatable bonds is 2. The van der Waals surface area contributed by atoms with Crippen molar-refractivity contribution in [3.05, 3.63) is 24.3 Å². The molecule has 0 aliphatic carbocycles. The first-order valence-electron chi connectivity index (χ1n) is 4.92. The minimum absolute atomic E-state index is 0.117. The summed E-state index contributed by atoms with van der Waals surface area (Å²) in [5, 5.41) is 9.08. The van der Waals surface area contributed by atoms with E-state index in [0.29, 0.717) is 0 Å². The van der Waals surface area contributed by atoms with Gasteiger partial charge in [-0.2, -0.15) is 0 Å². The van der Waals surface area contributed by atoms with E-state index in [0.717, 1.165) is 31.6 Å². The van der Waals surface area contributed by atoms with Gasteiger partial charge < -0.3 is 14.6 Å². The van der Waals surface area contributed by atoms with Crippen molar-refractivity contribution in [2.75, 3.05) is 6.61 Å². The van der Waals surface area contributed by atoms with Crippen LogP contribution < -0.4 is 4.74 Å². The van der Waals surface area contributed by atoms with Gasteiger partial charge in [-0.15, -0.1) is 0 Å². The van der Waals surface area contributed by atoms with Crippen molar-refractivity contribution in [3.8, 4) is 11.5 Å². The van der Waals surface area contributed by atoms with Crippen LogP contribution in [-0.4, -0.2) is 18.0 Å². The summed E-state index contributed by atoms with van der Waals surface area (Å²) in [6, 6.07) is 6.71. The SMILES string of the molecule is Oc1ccc(O[C@@H]2CCCCO2)cc1. The van der Waals surface area contributed by atoms with Crippen LogP contribution in [0.1, 0.15) is 19.3 Å². The predicted molar refractivity (Wildman–Crippen MR) is 52.3 cm³/mol. The molecule has 14 heavy (non-hydrogen) atoms. The molecule has 76 valence electrons. The first kappa shape index (κ1) is 9.34. The molecular formula is C11H14O3. The quantitative estimate of drug-likeness (QED) is 0.785. The molecule has 1 aliphatic heterocycles. The Morgan fingerprint density at radius 3 is 2.64 bits per heavy atom. The van der Waals surface area contributed by atoms with E-state index in [1.807, 2.05) is 0 Å². The lowest BCUT2D eigenvalue weighted by Gasteiger charge is -2.23. The molecule has 0 spiro atoms. The van der Waals surface area contributed by atoms with Crippen molar-refractivity contribution in [2.45, 2.75) is 25.6 Å². The molecule has 1 heterocycles. The topological polar surface area (TPSA) is 38.7 Å². The van der Waals surface area contributed by atoms with E-state index >= 15 is 0 Å². The first-order chi connectivity index (χ1) is 6.84. The Bertz CT molecular complexity index is 275. The van der Waals surface area contributed by atoms with Crippen LogP contribution in [0.25, 0.3) is 0 Å². The van der Waals surface area contributed by atoms with Crippen LogP contribution in [0.15, 0.2) is 24.3 Å². The number of phenolic OH excluding ortho intramolecular Hbond substituents is 1. The molecule has 0 radical (unpaired) electrons. The highest BCUT2D eigenvalue weighted by Gasteiger charge is 2.14. The van der Waals surface area contributed by atoms with E-state index < -0.39 is 0 Å². The fourth-order valence-corrected chi connectivity index (χ4v) is 1.48. The summed E-state index contributed by atoms with van der Waals surface area (Å²) in [5.74, 6) is 0.997. The Balaban J connectivity index is 1.92. The monoisotopic (exact) mass is 194 g/mol. The van der Waals surface area contributed by atoms with Gasteiger partial charge in [0.2, 0.25) is 0 Å². The van der Waals surface area contributed by atoms with Crippen molar-refractivity contribution in [2.24, 2.45) is 0 Å². The van der Waals surface area contributed by atoms with Crippen molar-refractivity contribution >= 4 is 0 Å². The molecule has 1 aromatic carbocycles. The van der Waals surface area contributed by atoms with Gasteiger partial charge in [0.05, 0.1) is 6.61 Å². The summed E-state index contributed by atoms with van der Waals surface area (Å²) >= 11 is 0. The number of hydrogen-bond donors (Lipinski definition) is 1. The van der Waals surface area contributed by atoms with E-state index in [2.05, 4.69) is 0 Å². The largest absolute Gasteiger partial charge is 0.508 e. The van der Waals surface area contributed by atoms with Crippen LogP contribution in [0.4, 0.5) is 0 Å². The molecule has 0 aromatic heterocycles. The van der Waals surface area contributed by atoms with E-state index in [9.17, 15) is 0 Å². The predicted octanol–water partition coefficient (Wildman–Crippen LogP) is 2.30. The molecule has 1 saturated heterocycles. The molecule has 0 saturated carbocycles. The Morgan fingerprint density at radius 1 is 1.21 bits per heavy atom. The summed E-state index contributed by atoms with van der Waals surface area (Å²) in [4.78, 5) is 0. The van der Waals surface area contributed by atoms with Crippen molar-refractivity contribution in [1.29, 1.82) is 0 Å². The van der Waals surface area contributed by atoms with E-state index in [-0.39, 0.29) is 12.0 Å². The van der Waals surface area contributed by atoms with Crippen LogP contribution in [-0.2, 0) is 4.74 Å². The van der Waals surface area contributed by atoms with E-state index in [1.54, 1.807) is 24.3 Å². The maximum atomic E-state index is 9.08. The van der Waals surface area contributed by atoms with Crippen LogP contribution in [0, 0.1) is 0 Å². The van der Waals surface area contributed by atoms with Crippen molar-refractivity contribution < 1.29 is 14.6 Å². The van der Waals surface area contributed by atoms with E-state index in [1.165, 1.54) is 0 Å². The Morgan fingerprint density at radius 2 is 2.00 bits per heavy atom. The minimum atomic E-state index is -0.117. The third kappa shape index (κ3) is 2.39. The zero-order valence-electron chi connectivity index (χ0n) is 7.98. The third-order valence-electron chi connectivity index (χ3n) is 2.24. The van der Waals surface area contributed by atoms with Gasteiger partial charge in [-0.05, 0) is 37.1 Å². The minimum Gasteiger partial charge on any atom is -0.508 e. The number of hydrogen-bond acceptors (Lipinski definition) is 3. The number of phenols is 1. The normalized spacial score (nSPS) is 21.9. The Hall–Kier alpha value is -1.22. The lowest BCUT2D eigenvalue weighted by atomic mass is 10.2. The molecule has 1 aliphatic rings. The van der Waals surface area contributed by atoms with Gasteiger partial charge in [0.25, 0.3) is 0 Å². The average molecular weight is 194 g/mol. The molecule has 0 unspecified atom stereocenters. The van der Waals surface area contributed by atoms with Crippen molar-refractivity contribution in [3.63, 3.8) is 0 Å². The summed E-state index contributed by atoms with van der Waals surface area (Å²) < 4.78 is 11.0. The van der Waals surface area contributed by atoms with Gasteiger partial charge in [0, 0.05) is 6.42 Å². The maximum absolute atomic E-state index is 9.08. The van der Waals surface area contributed by atoms with Crippen LogP contribution in [0.5, 0.6) is 11.5 Å². The standard InChI is InChI=1S/C11H14O3/c12-9-4-6-10(7-5-9)14-11-3-1-2-8-13-11/h4-7,11-12H,1-3,8H2/t11-/m1/s1. The number of ether oxygens (including phenoxy) is 2. The van der Waals surface area contributed by atoms with Gasteiger partial charge in [-0.25, -0.2) is 0 Å². The lowest BCUT2D eigenvalue weighted by molar-refractivity contribution is -0.105. The molecule has 0 amide bonds. The number of benzene rings is 1. The smallest absolute Gasteiger partial charge is 0.199 e. The average Bonchev–Trinajstić information content (AvgIpc) is 2.23. The van der Waals surface area contributed by atoms with Crippen LogP contribution in [0.2, 0.25) is 0 Å². The summed E-state index contributed by atoms with van der Waals surface area (Å²) in [6.45, 7) is 0.781. The molecule has 2 rings (SSSR count). The van der Waals surface area contributed by atoms with E-state index in [4.69, 9.17) is 14.6 Å². The summed E-state index contributed by atoms with van der Waals surface area (Å²) in [6.07, 6.45) is 3.10. The third-order valence-corrected chi connectivity index (χ3v) is 2.24. The fourth-order valence-electron chi connectivity index (χ4n) is 1.48. The Kier molecular flexibility index (Phi) is 2.89. The van der Waals surface area contributed by atoms with Gasteiger partial charge in [0.15, 0.2) is 6.29 Å². The second kappa shape index (κ2) is 4.33. The second-order valence-corrected chi connectivity index (χ2v) is 3.41. The molecule has 1 fully saturated rings. The zero-order valence-corrected chi connectivity index (χ0v) is 7.98. The van der Waals surface area contributed by atoms with Crippen molar-refractivity contribution in [1.82, 2.24) is 0 Å². The molecule has 1 atom stereocenters. The lowest BCUT2D eigenvalue weighted by Crippen LogP contribution is -2.24.